The zero-order chi connectivity index (χ0) is 20.6. The molecule has 1 heterocycles. The molecule has 0 unspecified atom stereocenters. The maximum Gasteiger partial charge on any atom is 0.318 e. The molecule has 2 rings (SSSR count). The Labute approximate surface area is 166 Å². The molecule has 1 aromatic carbocycles. The summed E-state index contributed by atoms with van der Waals surface area (Å²) in [5.74, 6) is -0.145. The van der Waals surface area contributed by atoms with Crippen molar-refractivity contribution in [1.82, 2.24) is 19.8 Å². The standard InChI is InChI=1S/C20H26N4O3S/c1-4-12-23(19(25)21-6-3)15-18-14-22-20(24(18)13-5-2)28(26,27)16-17-10-8-7-9-11-17/h4-5,7-11,14H,1-2,6,12-13,15-16H2,3H3,(H,21,25). The summed E-state index contributed by atoms with van der Waals surface area (Å²) in [5, 5.41) is 2.72. The van der Waals surface area contributed by atoms with Gasteiger partial charge >= 0.3 is 6.03 Å². The summed E-state index contributed by atoms with van der Waals surface area (Å²) in [6.45, 7) is 10.5. The maximum absolute atomic E-state index is 12.9. The van der Waals surface area contributed by atoms with Crippen LogP contribution in [0, 0.1) is 0 Å². The van der Waals surface area contributed by atoms with E-state index in [9.17, 15) is 13.2 Å². The second-order valence-electron chi connectivity index (χ2n) is 6.18. The van der Waals surface area contributed by atoms with Crippen LogP contribution in [-0.4, -0.2) is 42.0 Å². The first-order chi connectivity index (χ1) is 13.4. The molecule has 1 aromatic heterocycles. The second kappa shape index (κ2) is 9.89. The van der Waals surface area contributed by atoms with E-state index in [1.165, 1.54) is 6.20 Å². The van der Waals surface area contributed by atoms with Crippen molar-refractivity contribution in [3.63, 3.8) is 0 Å². The van der Waals surface area contributed by atoms with Crippen molar-refractivity contribution in [1.29, 1.82) is 0 Å². The lowest BCUT2D eigenvalue weighted by atomic mass is 10.2. The zero-order valence-corrected chi connectivity index (χ0v) is 16.9. The van der Waals surface area contributed by atoms with Crippen LogP contribution in [0.15, 0.2) is 67.0 Å². The van der Waals surface area contributed by atoms with Crippen LogP contribution in [0.3, 0.4) is 0 Å². The van der Waals surface area contributed by atoms with Gasteiger partial charge in [-0.2, -0.15) is 0 Å². The second-order valence-corrected chi connectivity index (χ2v) is 8.06. The lowest BCUT2D eigenvalue weighted by molar-refractivity contribution is 0.200. The first-order valence-electron chi connectivity index (χ1n) is 8.98. The molecule has 150 valence electrons. The number of benzene rings is 1. The Kier molecular flexibility index (Phi) is 7.57. The fourth-order valence-electron chi connectivity index (χ4n) is 2.78. The lowest BCUT2D eigenvalue weighted by Gasteiger charge is -2.22. The number of nitrogens with zero attached hydrogens (tertiary/aromatic N) is 3. The van der Waals surface area contributed by atoms with Gasteiger partial charge in [0.25, 0.3) is 0 Å². The summed E-state index contributed by atoms with van der Waals surface area (Å²) in [7, 11) is -3.66. The molecule has 2 amide bonds. The molecule has 0 saturated carbocycles. The van der Waals surface area contributed by atoms with Crippen LogP contribution in [0.2, 0.25) is 0 Å². The Morgan fingerprint density at radius 3 is 2.57 bits per heavy atom. The SMILES string of the molecule is C=CCN(Cc1cnc(S(=O)(=O)Cc2ccccc2)n1CC=C)C(=O)NCC. The molecule has 7 nitrogen and oxygen atoms in total. The topological polar surface area (TPSA) is 84.3 Å². The molecule has 0 bridgehead atoms. The Morgan fingerprint density at radius 2 is 1.96 bits per heavy atom. The van der Waals surface area contributed by atoms with Gasteiger partial charge in [0.1, 0.15) is 0 Å². The van der Waals surface area contributed by atoms with E-state index in [0.29, 0.717) is 24.3 Å². The van der Waals surface area contributed by atoms with Gasteiger partial charge in [-0.1, -0.05) is 42.5 Å². The molecule has 8 heteroatoms. The van der Waals surface area contributed by atoms with E-state index >= 15 is 0 Å². The van der Waals surface area contributed by atoms with Crippen LogP contribution in [0.25, 0.3) is 0 Å². The molecule has 0 radical (unpaired) electrons. The first-order valence-corrected chi connectivity index (χ1v) is 10.6. The molecule has 1 N–H and O–H groups in total. The Hall–Kier alpha value is -2.87. The number of urea groups is 1. The van der Waals surface area contributed by atoms with Crippen LogP contribution < -0.4 is 5.32 Å². The van der Waals surface area contributed by atoms with Crippen molar-refractivity contribution in [2.24, 2.45) is 0 Å². The minimum atomic E-state index is -3.66. The number of hydrogen-bond donors (Lipinski definition) is 1. The molecule has 0 aliphatic rings. The molecular formula is C20H26N4O3S. The van der Waals surface area contributed by atoms with Crippen molar-refractivity contribution in [3.8, 4) is 0 Å². The summed E-state index contributed by atoms with van der Waals surface area (Å²) in [4.78, 5) is 18.0. The average molecular weight is 403 g/mol. The van der Waals surface area contributed by atoms with E-state index in [0.717, 1.165) is 0 Å². The molecule has 0 aliphatic heterocycles. The molecule has 2 aromatic rings. The summed E-state index contributed by atoms with van der Waals surface area (Å²) >= 11 is 0. The average Bonchev–Trinajstić information content (AvgIpc) is 3.06. The number of carbonyl (C=O) groups is 1. The van der Waals surface area contributed by atoms with E-state index in [4.69, 9.17) is 0 Å². The van der Waals surface area contributed by atoms with E-state index in [2.05, 4.69) is 23.5 Å². The third-order valence-corrected chi connectivity index (χ3v) is 5.60. The smallest absolute Gasteiger partial charge is 0.318 e. The van der Waals surface area contributed by atoms with Gasteiger partial charge in [-0.3, -0.25) is 0 Å². The van der Waals surface area contributed by atoms with E-state index in [1.54, 1.807) is 45.9 Å². The van der Waals surface area contributed by atoms with Crippen molar-refractivity contribution < 1.29 is 13.2 Å². The van der Waals surface area contributed by atoms with Gasteiger partial charge < -0.3 is 14.8 Å². The van der Waals surface area contributed by atoms with Crippen molar-refractivity contribution in [3.05, 3.63) is 73.1 Å². The third kappa shape index (κ3) is 5.32. The highest BCUT2D eigenvalue weighted by molar-refractivity contribution is 7.90. The van der Waals surface area contributed by atoms with Crippen molar-refractivity contribution in [2.45, 2.75) is 30.9 Å². The number of allylic oxidation sites excluding steroid dienone is 1. The summed E-state index contributed by atoms with van der Waals surface area (Å²) in [6, 6.07) is 8.71. The van der Waals surface area contributed by atoms with Gasteiger partial charge in [0.2, 0.25) is 15.0 Å². The Morgan fingerprint density at radius 1 is 1.25 bits per heavy atom. The van der Waals surface area contributed by atoms with Crippen LogP contribution in [-0.2, 0) is 28.7 Å². The largest absolute Gasteiger partial charge is 0.338 e. The molecule has 0 saturated heterocycles. The van der Waals surface area contributed by atoms with Gasteiger partial charge in [-0.05, 0) is 12.5 Å². The monoisotopic (exact) mass is 402 g/mol. The van der Waals surface area contributed by atoms with Gasteiger partial charge in [0.05, 0.1) is 24.2 Å². The number of aromatic nitrogens is 2. The number of hydrogen-bond acceptors (Lipinski definition) is 4. The Bertz CT molecular complexity index is 920. The summed E-state index contributed by atoms with van der Waals surface area (Å²) in [5.41, 5.74) is 1.30. The highest BCUT2D eigenvalue weighted by atomic mass is 32.2. The van der Waals surface area contributed by atoms with Crippen LogP contribution in [0.1, 0.15) is 18.2 Å². The van der Waals surface area contributed by atoms with E-state index in [1.807, 2.05) is 13.0 Å². The fourth-order valence-corrected chi connectivity index (χ4v) is 4.28. The predicted molar refractivity (Wildman–Crippen MR) is 109 cm³/mol. The highest BCUT2D eigenvalue weighted by Crippen LogP contribution is 2.19. The Balaban J connectivity index is 2.35. The van der Waals surface area contributed by atoms with Gasteiger partial charge in [-0.25, -0.2) is 18.2 Å². The minimum absolute atomic E-state index is 0.0271. The van der Waals surface area contributed by atoms with Gasteiger partial charge in [0, 0.05) is 19.6 Å². The maximum atomic E-state index is 12.9. The highest BCUT2D eigenvalue weighted by Gasteiger charge is 2.25. The van der Waals surface area contributed by atoms with E-state index in [-0.39, 0.29) is 30.0 Å². The van der Waals surface area contributed by atoms with Crippen LogP contribution in [0.4, 0.5) is 4.79 Å². The molecule has 0 atom stereocenters. The molecule has 28 heavy (non-hydrogen) atoms. The number of nitrogens with one attached hydrogen (secondary N) is 1. The summed E-state index contributed by atoms with van der Waals surface area (Å²) in [6.07, 6.45) is 4.73. The first kappa shape index (κ1) is 21.4. The minimum Gasteiger partial charge on any atom is -0.338 e. The molecule has 0 fully saturated rings. The van der Waals surface area contributed by atoms with Crippen LogP contribution in [0.5, 0.6) is 0 Å². The van der Waals surface area contributed by atoms with Crippen molar-refractivity contribution in [2.75, 3.05) is 13.1 Å². The zero-order valence-electron chi connectivity index (χ0n) is 16.0. The van der Waals surface area contributed by atoms with Crippen molar-refractivity contribution >= 4 is 15.9 Å². The molecular weight excluding hydrogens is 376 g/mol. The normalized spacial score (nSPS) is 11.0. The number of amides is 2. The number of rotatable bonds is 10. The quantitative estimate of drug-likeness (QED) is 0.620. The lowest BCUT2D eigenvalue weighted by Crippen LogP contribution is -2.39. The van der Waals surface area contributed by atoms with Crippen LogP contribution >= 0.6 is 0 Å². The fraction of sp³-hybridized carbons (Fsp3) is 0.300. The number of carbonyl (C=O) groups excluding carboxylic acids is 1. The third-order valence-electron chi connectivity index (χ3n) is 4.01. The molecule has 0 aliphatic carbocycles. The molecule has 0 spiro atoms. The van der Waals surface area contributed by atoms with Gasteiger partial charge in [-0.15, -0.1) is 13.2 Å². The number of imidazole rings is 1. The number of sulfone groups is 1. The van der Waals surface area contributed by atoms with E-state index < -0.39 is 9.84 Å². The predicted octanol–water partition coefficient (Wildman–Crippen LogP) is 2.76. The summed E-state index contributed by atoms with van der Waals surface area (Å²) < 4.78 is 27.4. The van der Waals surface area contributed by atoms with Gasteiger partial charge in [0.15, 0.2) is 0 Å².